The van der Waals surface area contributed by atoms with Gasteiger partial charge in [0.1, 0.15) is 6.61 Å². The van der Waals surface area contributed by atoms with Crippen molar-refractivity contribution in [3.8, 4) is 0 Å². The van der Waals surface area contributed by atoms with Crippen LogP contribution < -0.4 is 0 Å². The topological polar surface area (TPSA) is 46.6 Å². The van der Waals surface area contributed by atoms with Crippen molar-refractivity contribution in [3.63, 3.8) is 0 Å². The van der Waals surface area contributed by atoms with E-state index >= 15 is 0 Å². The lowest BCUT2D eigenvalue weighted by molar-refractivity contribution is -0.144. The van der Waals surface area contributed by atoms with Crippen molar-refractivity contribution in [1.82, 2.24) is 4.90 Å². The number of amides is 1. The molecule has 0 aromatic rings. The highest BCUT2D eigenvalue weighted by atomic mass is 16.5. The molecule has 0 saturated carbocycles. The summed E-state index contributed by atoms with van der Waals surface area (Å²) in [6.07, 6.45) is 0.779. The summed E-state index contributed by atoms with van der Waals surface area (Å²) >= 11 is 0. The number of likely N-dealkylation sites (N-methyl/N-ethyl adjacent to an activating group) is 1. The van der Waals surface area contributed by atoms with Crippen molar-refractivity contribution in [2.75, 3.05) is 20.2 Å². The van der Waals surface area contributed by atoms with Gasteiger partial charge in [-0.2, -0.15) is 0 Å². The fraction of sp³-hybridized carbons (Fsp3) is 0.692. The lowest BCUT2D eigenvalue weighted by atomic mass is 9.89. The first kappa shape index (κ1) is 15.7. The van der Waals surface area contributed by atoms with Gasteiger partial charge in [0.2, 0.25) is 5.91 Å². The van der Waals surface area contributed by atoms with Gasteiger partial charge >= 0.3 is 5.97 Å². The summed E-state index contributed by atoms with van der Waals surface area (Å²) < 4.78 is 4.94. The smallest absolute Gasteiger partial charge is 0.333 e. The Morgan fingerprint density at radius 3 is 2.29 bits per heavy atom. The Bertz CT molecular complexity index is 308. The Labute approximate surface area is 104 Å². The Balaban J connectivity index is 4.11. The maximum Gasteiger partial charge on any atom is 0.333 e. The Morgan fingerprint density at radius 2 is 1.88 bits per heavy atom. The first-order chi connectivity index (χ1) is 7.72. The van der Waals surface area contributed by atoms with E-state index in [1.165, 1.54) is 0 Å². The van der Waals surface area contributed by atoms with E-state index < -0.39 is 5.97 Å². The number of hydrogen-bond donors (Lipinski definition) is 0. The summed E-state index contributed by atoms with van der Waals surface area (Å²) in [5, 5.41) is 0. The largest absolute Gasteiger partial charge is 0.460 e. The van der Waals surface area contributed by atoms with E-state index in [9.17, 15) is 9.59 Å². The van der Waals surface area contributed by atoms with Gasteiger partial charge in [-0.15, -0.1) is 0 Å². The number of esters is 1. The van der Waals surface area contributed by atoms with Gasteiger partial charge in [-0.25, -0.2) is 4.79 Å². The molecule has 0 N–H and O–H groups in total. The number of carbonyl (C=O) groups is 2. The van der Waals surface area contributed by atoms with Crippen LogP contribution in [0.1, 0.15) is 34.1 Å². The fourth-order valence-electron chi connectivity index (χ4n) is 1.17. The van der Waals surface area contributed by atoms with Crippen molar-refractivity contribution in [2.45, 2.75) is 34.1 Å². The van der Waals surface area contributed by atoms with Crippen LogP contribution >= 0.6 is 0 Å². The van der Waals surface area contributed by atoms with Gasteiger partial charge in [-0.05, 0) is 13.3 Å². The number of carbonyl (C=O) groups excluding carboxylic acids is 2. The molecule has 4 nitrogen and oxygen atoms in total. The quantitative estimate of drug-likeness (QED) is 0.528. The second-order valence-electron chi connectivity index (χ2n) is 4.88. The van der Waals surface area contributed by atoms with E-state index in [1.54, 1.807) is 18.9 Å². The monoisotopic (exact) mass is 241 g/mol. The van der Waals surface area contributed by atoms with Crippen LogP contribution in [-0.4, -0.2) is 37.0 Å². The second kappa shape index (κ2) is 6.42. The zero-order chi connectivity index (χ0) is 13.6. The van der Waals surface area contributed by atoms with Crippen LogP contribution in [0.5, 0.6) is 0 Å². The summed E-state index contributed by atoms with van der Waals surface area (Å²) in [5.74, 6) is -0.355. The number of rotatable bonds is 6. The molecular weight excluding hydrogens is 218 g/mol. The molecule has 17 heavy (non-hydrogen) atoms. The molecule has 0 aliphatic carbocycles. The first-order valence-corrected chi connectivity index (χ1v) is 5.80. The maximum absolute atomic E-state index is 12.0. The minimum absolute atomic E-state index is 0.0615. The van der Waals surface area contributed by atoms with Gasteiger partial charge in [0.05, 0.1) is 6.54 Å². The molecule has 0 aliphatic heterocycles. The van der Waals surface area contributed by atoms with Gasteiger partial charge in [0, 0.05) is 18.0 Å². The van der Waals surface area contributed by atoms with Crippen molar-refractivity contribution in [1.29, 1.82) is 0 Å². The molecular formula is C13H23NO3. The maximum atomic E-state index is 12.0. The molecule has 0 aromatic carbocycles. The number of ether oxygens (including phenoxy) is 1. The first-order valence-electron chi connectivity index (χ1n) is 5.80. The van der Waals surface area contributed by atoms with Crippen LogP contribution in [0.4, 0.5) is 0 Å². The van der Waals surface area contributed by atoms with E-state index in [-0.39, 0.29) is 17.9 Å². The summed E-state index contributed by atoms with van der Waals surface area (Å²) in [6, 6.07) is 0. The fourth-order valence-corrected chi connectivity index (χ4v) is 1.17. The Morgan fingerprint density at radius 1 is 1.35 bits per heavy atom. The highest BCUT2D eigenvalue weighted by Crippen LogP contribution is 2.22. The third-order valence-electron chi connectivity index (χ3n) is 2.82. The van der Waals surface area contributed by atoms with E-state index in [2.05, 4.69) is 6.58 Å². The molecule has 98 valence electrons. The molecule has 0 saturated heterocycles. The molecule has 0 radical (unpaired) electrons. The van der Waals surface area contributed by atoms with Gasteiger partial charge in [-0.1, -0.05) is 27.4 Å². The average molecular weight is 241 g/mol. The molecule has 1 amide bonds. The Hall–Kier alpha value is -1.32. The van der Waals surface area contributed by atoms with Crippen molar-refractivity contribution < 1.29 is 14.3 Å². The summed E-state index contributed by atoms with van der Waals surface area (Å²) in [5.41, 5.74) is 0.000452. The predicted octanol–water partition coefficient (Wildman–Crippen LogP) is 2.00. The second-order valence-corrected chi connectivity index (χ2v) is 4.88. The van der Waals surface area contributed by atoms with Gasteiger partial charge < -0.3 is 9.64 Å². The number of hydrogen-bond acceptors (Lipinski definition) is 3. The minimum atomic E-state index is -0.416. The molecule has 0 unspecified atom stereocenters. The molecule has 0 aliphatic rings. The molecule has 0 fully saturated rings. The SMILES string of the molecule is C=C(C)C(=O)OCCN(C)C(=O)C(C)(C)CC. The van der Waals surface area contributed by atoms with Crippen LogP contribution in [0.15, 0.2) is 12.2 Å². The molecule has 0 aromatic heterocycles. The molecule has 0 atom stereocenters. The van der Waals surface area contributed by atoms with Gasteiger partial charge in [0.25, 0.3) is 0 Å². The molecule has 0 rings (SSSR count). The van der Waals surface area contributed by atoms with Gasteiger partial charge in [-0.3, -0.25) is 4.79 Å². The van der Waals surface area contributed by atoms with E-state index in [1.807, 2.05) is 20.8 Å². The zero-order valence-electron chi connectivity index (χ0n) is 11.5. The van der Waals surface area contributed by atoms with Gasteiger partial charge in [0.15, 0.2) is 0 Å². The van der Waals surface area contributed by atoms with Crippen LogP contribution in [0, 0.1) is 5.41 Å². The predicted molar refractivity (Wildman–Crippen MR) is 67.5 cm³/mol. The van der Waals surface area contributed by atoms with E-state index in [0.29, 0.717) is 12.1 Å². The summed E-state index contributed by atoms with van der Waals surface area (Å²) in [6.45, 7) is 11.5. The van der Waals surface area contributed by atoms with E-state index in [4.69, 9.17) is 4.74 Å². The number of nitrogens with zero attached hydrogens (tertiary/aromatic N) is 1. The lowest BCUT2D eigenvalue weighted by Crippen LogP contribution is -2.40. The molecule has 0 spiro atoms. The molecule has 0 bridgehead atoms. The molecule has 0 heterocycles. The van der Waals surface area contributed by atoms with E-state index in [0.717, 1.165) is 6.42 Å². The third kappa shape index (κ3) is 5.02. The van der Waals surface area contributed by atoms with Crippen LogP contribution in [0.3, 0.4) is 0 Å². The van der Waals surface area contributed by atoms with Crippen molar-refractivity contribution in [3.05, 3.63) is 12.2 Å². The van der Waals surface area contributed by atoms with Crippen LogP contribution in [0.25, 0.3) is 0 Å². The average Bonchev–Trinajstić information content (AvgIpc) is 2.27. The van der Waals surface area contributed by atoms with Crippen LogP contribution in [0.2, 0.25) is 0 Å². The van der Waals surface area contributed by atoms with Crippen molar-refractivity contribution in [2.24, 2.45) is 5.41 Å². The highest BCUT2D eigenvalue weighted by Gasteiger charge is 2.28. The normalized spacial score (nSPS) is 10.9. The summed E-state index contributed by atoms with van der Waals surface area (Å²) in [7, 11) is 1.72. The minimum Gasteiger partial charge on any atom is -0.460 e. The lowest BCUT2D eigenvalue weighted by Gasteiger charge is -2.28. The standard InChI is InChI=1S/C13H23NO3/c1-7-13(4,5)12(16)14(6)8-9-17-11(15)10(2)3/h2,7-9H2,1,3-6H3. The van der Waals surface area contributed by atoms with Crippen LogP contribution in [-0.2, 0) is 14.3 Å². The zero-order valence-corrected chi connectivity index (χ0v) is 11.5. The highest BCUT2D eigenvalue weighted by molar-refractivity contribution is 5.87. The Kier molecular flexibility index (Phi) is 5.93. The van der Waals surface area contributed by atoms with Crippen molar-refractivity contribution >= 4 is 11.9 Å². The summed E-state index contributed by atoms with van der Waals surface area (Å²) in [4.78, 5) is 24.7. The molecule has 4 heteroatoms. The third-order valence-corrected chi connectivity index (χ3v) is 2.82.